The summed E-state index contributed by atoms with van der Waals surface area (Å²) in [5, 5.41) is 3.98. The fourth-order valence-corrected chi connectivity index (χ4v) is 2.36. The van der Waals surface area contributed by atoms with Crippen LogP contribution in [0.1, 0.15) is 30.6 Å². The Morgan fingerprint density at radius 2 is 2.47 bits per heavy atom. The van der Waals surface area contributed by atoms with E-state index in [1.54, 1.807) is 11.8 Å². The smallest absolute Gasteiger partial charge is 0.243 e. The first-order valence-electron chi connectivity index (χ1n) is 5.94. The van der Waals surface area contributed by atoms with Gasteiger partial charge in [0.2, 0.25) is 5.89 Å². The zero-order valence-corrected chi connectivity index (χ0v) is 10.9. The summed E-state index contributed by atoms with van der Waals surface area (Å²) < 4.78 is 10.5. The van der Waals surface area contributed by atoms with Crippen molar-refractivity contribution < 1.29 is 9.26 Å². The fourth-order valence-electron chi connectivity index (χ4n) is 1.87. The van der Waals surface area contributed by atoms with Gasteiger partial charge in [-0.1, -0.05) is 5.16 Å². The molecule has 17 heavy (non-hydrogen) atoms. The highest BCUT2D eigenvalue weighted by Crippen LogP contribution is 2.19. The van der Waals surface area contributed by atoms with E-state index in [1.165, 1.54) is 0 Å². The highest BCUT2D eigenvalue weighted by molar-refractivity contribution is 7.98. The van der Waals surface area contributed by atoms with Gasteiger partial charge in [-0.3, -0.25) is 0 Å². The maximum absolute atomic E-state index is 5.97. The topological polar surface area (TPSA) is 74.2 Å². The van der Waals surface area contributed by atoms with E-state index in [4.69, 9.17) is 15.0 Å². The van der Waals surface area contributed by atoms with Crippen molar-refractivity contribution in [1.29, 1.82) is 0 Å². The van der Waals surface area contributed by atoms with E-state index in [-0.39, 0.29) is 6.04 Å². The average molecular weight is 257 g/mol. The summed E-state index contributed by atoms with van der Waals surface area (Å²) >= 11 is 1.77. The highest BCUT2D eigenvalue weighted by atomic mass is 32.2. The van der Waals surface area contributed by atoms with Gasteiger partial charge in [0.25, 0.3) is 0 Å². The average Bonchev–Trinajstić information content (AvgIpc) is 2.98. The van der Waals surface area contributed by atoms with Crippen molar-refractivity contribution in [3.05, 3.63) is 11.7 Å². The number of hydrogen-bond donors (Lipinski definition) is 1. The number of aromatic nitrogens is 2. The first-order valence-corrected chi connectivity index (χ1v) is 7.33. The molecule has 1 saturated heterocycles. The second-order valence-corrected chi connectivity index (χ2v) is 5.36. The van der Waals surface area contributed by atoms with Gasteiger partial charge >= 0.3 is 0 Å². The molecule has 0 aromatic carbocycles. The van der Waals surface area contributed by atoms with Crippen LogP contribution in [0.15, 0.2) is 4.52 Å². The Morgan fingerprint density at radius 3 is 3.18 bits per heavy atom. The molecule has 0 amide bonds. The Balaban J connectivity index is 1.86. The third-order valence-electron chi connectivity index (χ3n) is 2.93. The molecule has 1 unspecified atom stereocenters. The minimum Gasteiger partial charge on any atom is -0.381 e. The lowest BCUT2D eigenvalue weighted by molar-refractivity contribution is 0.185. The largest absolute Gasteiger partial charge is 0.381 e. The van der Waals surface area contributed by atoms with Crippen LogP contribution in [0.2, 0.25) is 0 Å². The van der Waals surface area contributed by atoms with Crippen LogP contribution >= 0.6 is 11.8 Å². The first-order chi connectivity index (χ1) is 8.29. The number of ether oxygens (including phenoxy) is 1. The molecule has 2 atom stereocenters. The summed E-state index contributed by atoms with van der Waals surface area (Å²) in [4.78, 5) is 4.36. The van der Waals surface area contributed by atoms with E-state index in [9.17, 15) is 0 Å². The normalized spacial score (nSPS) is 21.9. The van der Waals surface area contributed by atoms with Gasteiger partial charge in [-0.2, -0.15) is 16.7 Å². The molecule has 96 valence electrons. The molecule has 1 aromatic heterocycles. The van der Waals surface area contributed by atoms with Gasteiger partial charge in [-0.15, -0.1) is 0 Å². The van der Waals surface area contributed by atoms with E-state index in [2.05, 4.69) is 16.4 Å². The molecule has 0 aliphatic carbocycles. The zero-order valence-electron chi connectivity index (χ0n) is 10.1. The Bertz CT molecular complexity index is 339. The van der Waals surface area contributed by atoms with Crippen molar-refractivity contribution in [2.45, 2.75) is 25.3 Å². The third-order valence-corrected chi connectivity index (χ3v) is 3.57. The molecule has 1 aliphatic rings. The lowest BCUT2D eigenvalue weighted by atomic mass is 10.1. The van der Waals surface area contributed by atoms with Gasteiger partial charge in [0.15, 0.2) is 5.82 Å². The van der Waals surface area contributed by atoms with E-state index in [0.29, 0.717) is 11.8 Å². The summed E-state index contributed by atoms with van der Waals surface area (Å²) in [5.74, 6) is 2.86. The number of rotatable bonds is 6. The standard InChI is InChI=1S/C11H19N3O2S/c1-17-5-3-9(12)11-13-10(14-16-11)6-8-2-4-15-7-8/h8-9H,2-7,12H2,1H3/t8?,9-/m0/s1. The van der Waals surface area contributed by atoms with Crippen LogP contribution in [0.5, 0.6) is 0 Å². The van der Waals surface area contributed by atoms with Gasteiger partial charge in [-0.25, -0.2) is 0 Å². The Labute approximate surface area is 105 Å². The van der Waals surface area contributed by atoms with Crippen LogP contribution in [0.25, 0.3) is 0 Å². The maximum atomic E-state index is 5.97. The van der Waals surface area contributed by atoms with Crippen molar-refractivity contribution in [2.75, 3.05) is 25.2 Å². The Kier molecular flexibility index (Phi) is 4.82. The second-order valence-electron chi connectivity index (χ2n) is 4.37. The monoisotopic (exact) mass is 257 g/mol. The molecule has 2 rings (SSSR count). The molecule has 0 bridgehead atoms. The predicted octanol–water partition coefficient (Wildman–Crippen LogP) is 1.40. The van der Waals surface area contributed by atoms with Crippen LogP contribution in [0.3, 0.4) is 0 Å². The molecule has 6 heteroatoms. The minimum atomic E-state index is -0.136. The van der Waals surface area contributed by atoms with Crippen molar-refractivity contribution in [3.63, 3.8) is 0 Å². The Morgan fingerprint density at radius 1 is 1.59 bits per heavy atom. The summed E-state index contributed by atoms with van der Waals surface area (Å²) in [6, 6.07) is -0.136. The lowest BCUT2D eigenvalue weighted by Crippen LogP contribution is -2.12. The third kappa shape index (κ3) is 3.69. The van der Waals surface area contributed by atoms with Crippen molar-refractivity contribution in [3.8, 4) is 0 Å². The van der Waals surface area contributed by atoms with E-state index < -0.39 is 0 Å². The fraction of sp³-hybridized carbons (Fsp3) is 0.818. The zero-order chi connectivity index (χ0) is 12.1. The number of thioether (sulfide) groups is 1. The van der Waals surface area contributed by atoms with E-state index in [0.717, 1.165) is 44.1 Å². The molecule has 1 aromatic rings. The molecular formula is C11H19N3O2S. The lowest BCUT2D eigenvalue weighted by Gasteiger charge is -2.04. The molecule has 0 spiro atoms. The van der Waals surface area contributed by atoms with Crippen LogP contribution < -0.4 is 5.73 Å². The van der Waals surface area contributed by atoms with E-state index in [1.807, 2.05) is 0 Å². The molecule has 5 nitrogen and oxygen atoms in total. The molecule has 0 radical (unpaired) electrons. The van der Waals surface area contributed by atoms with Crippen LogP contribution in [0, 0.1) is 5.92 Å². The minimum absolute atomic E-state index is 0.136. The molecular weight excluding hydrogens is 238 g/mol. The molecule has 1 aliphatic heterocycles. The van der Waals surface area contributed by atoms with Crippen LogP contribution in [0.4, 0.5) is 0 Å². The summed E-state index contributed by atoms with van der Waals surface area (Å²) in [6.45, 7) is 1.66. The number of nitrogens with zero attached hydrogens (tertiary/aromatic N) is 2. The van der Waals surface area contributed by atoms with E-state index >= 15 is 0 Å². The van der Waals surface area contributed by atoms with Gasteiger partial charge in [0.05, 0.1) is 6.04 Å². The van der Waals surface area contributed by atoms with Crippen LogP contribution in [-0.4, -0.2) is 35.4 Å². The summed E-state index contributed by atoms with van der Waals surface area (Å²) in [7, 11) is 0. The quantitative estimate of drug-likeness (QED) is 0.830. The Hall–Kier alpha value is -0.590. The predicted molar refractivity (Wildman–Crippen MR) is 66.9 cm³/mol. The first kappa shape index (κ1) is 12.9. The second kappa shape index (κ2) is 6.37. The van der Waals surface area contributed by atoms with Gasteiger partial charge in [0.1, 0.15) is 0 Å². The van der Waals surface area contributed by atoms with Crippen molar-refractivity contribution >= 4 is 11.8 Å². The summed E-state index contributed by atoms with van der Waals surface area (Å²) in [5.41, 5.74) is 5.97. The molecule has 2 heterocycles. The highest BCUT2D eigenvalue weighted by Gasteiger charge is 2.20. The van der Waals surface area contributed by atoms with Crippen molar-refractivity contribution in [1.82, 2.24) is 10.1 Å². The van der Waals surface area contributed by atoms with Gasteiger partial charge in [-0.05, 0) is 30.8 Å². The van der Waals surface area contributed by atoms with Crippen molar-refractivity contribution in [2.24, 2.45) is 11.7 Å². The van der Waals surface area contributed by atoms with Gasteiger partial charge < -0.3 is 15.0 Å². The summed E-state index contributed by atoms with van der Waals surface area (Å²) in [6.07, 6.45) is 4.85. The molecule has 2 N–H and O–H groups in total. The number of nitrogens with two attached hydrogens (primary N) is 1. The van der Waals surface area contributed by atoms with Crippen LogP contribution in [-0.2, 0) is 11.2 Å². The molecule has 0 saturated carbocycles. The SMILES string of the molecule is CSCC[C@H](N)c1nc(CC2CCOC2)no1. The maximum Gasteiger partial charge on any atom is 0.243 e. The van der Waals surface area contributed by atoms with Gasteiger partial charge in [0, 0.05) is 19.6 Å². The number of hydrogen-bond acceptors (Lipinski definition) is 6. The molecule has 1 fully saturated rings.